The largest absolute Gasteiger partial charge is 0.328 e. The van der Waals surface area contributed by atoms with E-state index < -0.39 is 10.0 Å². The average Bonchev–Trinajstić information content (AvgIpc) is 2.97. The maximum Gasteiger partial charge on any atom is 0.245 e. The molecule has 1 aliphatic heterocycles. The first kappa shape index (κ1) is 18.1. The molecule has 1 saturated heterocycles. The van der Waals surface area contributed by atoms with Crippen LogP contribution in [0.25, 0.3) is 10.9 Å². The van der Waals surface area contributed by atoms with E-state index in [1.165, 1.54) is 4.31 Å². The van der Waals surface area contributed by atoms with Crippen molar-refractivity contribution in [3.05, 3.63) is 36.0 Å². The van der Waals surface area contributed by atoms with Crippen LogP contribution in [0.15, 0.2) is 35.4 Å². The minimum absolute atomic E-state index is 0. The van der Waals surface area contributed by atoms with Crippen LogP contribution in [0.1, 0.15) is 18.9 Å². The number of sulfonamides is 1. The zero-order valence-electron chi connectivity index (χ0n) is 13.3. The fourth-order valence-corrected chi connectivity index (χ4v) is 4.67. The number of nitrogens with zero attached hydrogens (tertiary/aromatic N) is 2. The van der Waals surface area contributed by atoms with Gasteiger partial charge >= 0.3 is 0 Å². The van der Waals surface area contributed by atoms with E-state index in [1.54, 1.807) is 18.3 Å². The number of benzene rings is 1. The van der Waals surface area contributed by atoms with Gasteiger partial charge in [-0.25, -0.2) is 8.42 Å². The number of aromatic nitrogens is 1. The molecule has 7 heteroatoms. The van der Waals surface area contributed by atoms with Gasteiger partial charge in [0, 0.05) is 30.7 Å². The summed E-state index contributed by atoms with van der Waals surface area (Å²) in [7, 11) is -3.53. The zero-order valence-corrected chi connectivity index (χ0v) is 14.9. The molecule has 2 aromatic rings. The Balaban J connectivity index is 0.00000192. The molecule has 0 spiro atoms. The molecule has 0 bridgehead atoms. The smallest absolute Gasteiger partial charge is 0.245 e. The highest BCUT2D eigenvalue weighted by atomic mass is 35.5. The van der Waals surface area contributed by atoms with E-state index in [2.05, 4.69) is 4.98 Å². The monoisotopic (exact) mass is 355 g/mol. The Morgan fingerprint density at radius 1 is 1.39 bits per heavy atom. The van der Waals surface area contributed by atoms with Crippen molar-refractivity contribution < 1.29 is 8.42 Å². The second-order valence-electron chi connectivity index (χ2n) is 6.11. The van der Waals surface area contributed by atoms with Crippen LogP contribution in [-0.4, -0.2) is 36.8 Å². The molecule has 1 aromatic heterocycles. The summed E-state index contributed by atoms with van der Waals surface area (Å²) in [6.45, 7) is 4.89. The minimum Gasteiger partial charge on any atom is -0.328 e. The third kappa shape index (κ3) is 3.35. The second-order valence-corrected chi connectivity index (χ2v) is 8.02. The fourth-order valence-electron chi connectivity index (χ4n) is 2.99. The molecule has 23 heavy (non-hydrogen) atoms. The number of nitrogens with two attached hydrogens (primary N) is 1. The summed E-state index contributed by atoms with van der Waals surface area (Å²) in [5.41, 5.74) is 7.47. The first-order valence-electron chi connectivity index (χ1n) is 7.50. The predicted molar refractivity (Wildman–Crippen MR) is 94.2 cm³/mol. The Bertz CT molecular complexity index is 808. The third-order valence-electron chi connectivity index (χ3n) is 4.36. The molecule has 0 amide bonds. The van der Waals surface area contributed by atoms with Crippen LogP contribution in [0.4, 0.5) is 0 Å². The number of aryl methyl sites for hydroxylation is 1. The topological polar surface area (TPSA) is 76.3 Å². The molecule has 1 aliphatic rings. The number of fused-ring (bicyclic) bond motifs is 1. The molecule has 2 unspecified atom stereocenters. The highest BCUT2D eigenvalue weighted by Gasteiger charge is 2.34. The van der Waals surface area contributed by atoms with Crippen molar-refractivity contribution in [2.24, 2.45) is 11.7 Å². The molecular formula is C16H22ClN3O2S. The minimum atomic E-state index is -3.53. The average molecular weight is 356 g/mol. The zero-order chi connectivity index (χ0) is 15.9. The first-order chi connectivity index (χ1) is 10.4. The molecule has 2 N–H and O–H groups in total. The van der Waals surface area contributed by atoms with Crippen LogP contribution in [-0.2, 0) is 10.0 Å². The van der Waals surface area contributed by atoms with Crippen LogP contribution in [0.5, 0.6) is 0 Å². The Morgan fingerprint density at radius 3 is 2.78 bits per heavy atom. The second kappa shape index (κ2) is 6.73. The molecule has 1 aromatic carbocycles. The lowest BCUT2D eigenvalue weighted by atomic mass is 10.0. The van der Waals surface area contributed by atoms with Gasteiger partial charge in [0.25, 0.3) is 0 Å². The maximum absolute atomic E-state index is 12.9. The van der Waals surface area contributed by atoms with Crippen LogP contribution < -0.4 is 5.73 Å². The predicted octanol–water partition coefficient (Wildman–Crippen LogP) is 2.32. The van der Waals surface area contributed by atoms with Crippen LogP contribution >= 0.6 is 12.4 Å². The number of hydrogen-bond donors (Lipinski definition) is 1. The SMILES string of the molecule is Cc1cnc2c(S(=O)(=O)N3CCC(C(C)N)C3)cccc2c1.Cl. The van der Waals surface area contributed by atoms with Crippen molar-refractivity contribution in [3.8, 4) is 0 Å². The van der Waals surface area contributed by atoms with Gasteiger partial charge in [0.1, 0.15) is 4.90 Å². The van der Waals surface area contributed by atoms with Gasteiger partial charge in [0.2, 0.25) is 10.0 Å². The molecule has 2 heterocycles. The Labute approximate surface area is 143 Å². The van der Waals surface area contributed by atoms with Crippen molar-refractivity contribution >= 4 is 33.3 Å². The van der Waals surface area contributed by atoms with Crippen molar-refractivity contribution in [2.45, 2.75) is 31.2 Å². The molecule has 5 nitrogen and oxygen atoms in total. The highest BCUT2D eigenvalue weighted by molar-refractivity contribution is 7.89. The first-order valence-corrected chi connectivity index (χ1v) is 8.94. The van der Waals surface area contributed by atoms with Crippen molar-refractivity contribution in [3.63, 3.8) is 0 Å². The number of pyridine rings is 1. The summed E-state index contributed by atoms with van der Waals surface area (Å²) >= 11 is 0. The van der Waals surface area contributed by atoms with Gasteiger partial charge in [-0.15, -0.1) is 12.4 Å². The Hall–Kier alpha value is -1.21. The van der Waals surface area contributed by atoms with Crippen molar-refractivity contribution in [2.75, 3.05) is 13.1 Å². The summed E-state index contributed by atoms with van der Waals surface area (Å²) in [4.78, 5) is 4.63. The van der Waals surface area contributed by atoms with E-state index in [1.807, 2.05) is 26.0 Å². The van der Waals surface area contributed by atoms with Crippen LogP contribution in [0.2, 0.25) is 0 Å². The van der Waals surface area contributed by atoms with E-state index in [0.29, 0.717) is 18.6 Å². The lowest BCUT2D eigenvalue weighted by Gasteiger charge is -2.19. The number of halogens is 1. The third-order valence-corrected chi connectivity index (χ3v) is 6.26. The molecule has 1 fully saturated rings. The normalized spacial score (nSPS) is 20.4. The number of rotatable bonds is 3. The number of para-hydroxylation sites is 1. The lowest BCUT2D eigenvalue weighted by molar-refractivity contribution is 0.429. The van der Waals surface area contributed by atoms with Gasteiger partial charge in [-0.2, -0.15) is 4.31 Å². The van der Waals surface area contributed by atoms with Crippen LogP contribution in [0.3, 0.4) is 0 Å². The summed E-state index contributed by atoms with van der Waals surface area (Å²) in [5, 5.41) is 0.851. The van der Waals surface area contributed by atoms with Crippen molar-refractivity contribution in [1.29, 1.82) is 0 Å². The molecule has 0 saturated carbocycles. The summed E-state index contributed by atoms with van der Waals surface area (Å²) < 4.78 is 27.4. The lowest BCUT2D eigenvalue weighted by Crippen LogP contribution is -2.33. The van der Waals surface area contributed by atoms with Gasteiger partial charge in [0.05, 0.1) is 5.52 Å². The standard InChI is InChI=1S/C16H21N3O2S.ClH/c1-11-8-13-4-3-5-15(16(13)18-9-11)22(20,21)19-7-6-14(10-19)12(2)17;/h3-5,8-9,12,14H,6-7,10,17H2,1-2H3;1H. The summed E-state index contributed by atoms with van der Waals surface area (Å²) in [6.07, 6.45) is 2.52. The van der Waals surface area contributed by atoms with Crippen molar-refractivity contribution in [1.82, 2.24) is 9.29 Å². The fraction of sp³-hybridized carbons (Fsp3) is 0.438. The summed E-state index contributed by atoms with van der Waals surface area (Å²) in [5.74, 6) is 0.222. The van der Waals surface area contributed by atoms with Gasteiger partial charge in [-0.1, -0.05) is 12.1 Å². The Morgan fingerprint density at radius 2 is 2.13 bits per heavy atom. The van der Waals surface area contributed by atoms with E-state index in [-0.39, 0.29) is 29.3 Å². The molecule has 0 aliphatic carbocycles. The highest BCUT2D eigenvalue weighted by Crippen LogP contribution is 2.29. The van der Waals surface area contributed by atoms with Crippen LogP contribution in [0, 0.1) is 12.8 Å². The van der Waals surface area contributed by atoms with Gasteiger partial charge in [0.15, 0.2) is 0 Å². The molecule has 126 valence electrons. The molecular weight excluding hydrogens is 334 g/mol. The molecule has 3 rings (SSSR count). The number of hydrogen-bond acceptors (Lipinski definition) is 4. The van der Waals surface area contributed by atoms with E-state index in [9.17, 15) is 8.42 Å². The van der Waals surface area contributed by atoms with Gasteiger partial charge in [-0.3, -0.25) is 4.98 Å². The molecule has 2 atom stereocenters. The van der Waals surface area contributed by atoms with Gasteiger partial charge in [-0.05, 0) is 43.9 Å². The van der Waals surface area contributed by atoms with Gasteiger partial charge < -0.3 is 5.73 Å². The maximum atomic E-state index is 12.9. The summed E-state index contributed by atoms with van der Waals surface area (Å²) in [6, 6.07) is 7.27. The van der Waals surface area contributed by atoms with E-state index in [0.717, 1.165) is 17.4 Å². The van der Waals surface area contributed by atoms with E-state index in [4.69, 9.17) is 5.73 Å². The quantitative estimate of drug-likeness (QED) is 0.916. The molecule has 0 radical (unpaired) electrons. The Kier molecular flexibility index (Phi) is 5.30. The van der Waals surface area contributed by atoms with E-state index >= 15 is 0 Å².